The third kappa shape index (κ3) is 5.91. The molecule has 4 aliphatic rings. The zero-order valence-electron chi connectivity index (χ0n) is 23.3. The van der Waals surface area contributed by atoms with Crippen molar-refractivity contribution in [3.8, 4) is 0 Å². The summed E-state index contributed by atoms with van der Waals surface area (Å²) in [6, 6.07) is 8.96. The molecule has 5 rings (SSSR count). The van der Waals surface area contributed by atoms with Crippen molar-refractivity contribution < 1.29 is 24.0 Å². The lowest BCUT2D eigenvalue weighted by Crippen LogP contribution is -2.65. The lowest BCUT2D eigenvalue weighted by Gasteiger charge is -2.64. The van der Waals surface area contributed by atoms with E-state index in [2.05, 4.69) is 45.3 Å². The Hall–Kier alpha value is -1.90. The van der Waals surface area contributed by atoms with Crippen molar-refractivity contribution in [3.05, 3.63) is 35.9 Å². The fourth-order valence-electron chi connectivity index (χ4n) is 6.84. The Morgan fingerprint density at radius 3 is 2.43 bits per heavy atom. The zero-order chi connectivity index (χ0) is 27.0. The van der Waals surface area contributed by atoms with Crippen LogP contribution in [0.25, 0.3) is 0 Å². The lowest BCUT2D eigenvalue weighted by atomic mass is 9.43. The summed E-state index contributed by atoms with van der Waals surface area (Å²) in [6.07, 6.45) is 3.55. The summed E-state index contributed by atoms with van der Waals surface area (Å²) in [4.78, 5) is 26.0. The summed E-state index contributed by atoms with van der Waals surface area (Å²) < 4.78 is 13.1. The topological polar surface area (TPSA) is 96.9 Å². The van der Waals surface area contributed by atoms with Crippen LogP contribution in [0.5, 0.6) is 0 Å². The Bertz CT molecular complexity index is 955. The van der Waals surface area contributed by atoms with Gasteiger partial charge in [-0.1, -0.05) is 58.0 Å². The van der Waals surface area contributed by atoms with Gasteiger partial charge in [-0.2, -0.15) is 0 Å². The van der Waals surface area contributed by atoms with Gasteiger partial charge >= 0.3 is 7.12 Å². The van der Waals surface area contributed by atoms with Crippen molar-refractivity contribution in [1.82, 2.24) is 10.6 Å². The fourth-order valence-corrected chi connectivity index (χ4v) is 6.84. The normalized spacial score (nSPS) is 30.2. The Morgan fingerprint density at radius 1 is 1.11 bits per heavy atom. The fraction of sp³-hybridized carbons (Fsp3) is 0.724. The van der Waals surface area contributed by atoms with Gasteiger partial charge in [-0.05, 0) is 74.7 Å². The summed E-state index contributed by atoms with van der Waals surface area (Å²) >= 11 is 0. The van der Waals surface area contributed by atoms with Crippen LogP contribution in [0.3, 0.4) is 0 Å². The molecule has 8 heteroatoms. The first-order chi connectivity index (χ1) is 17.4. The predicted molar refractivity (Wildman–Crippen MR) is 144 cm³/mol. The average molecular weight is 513 g/mol. The van der Waals surface area contributed by atoms with Crippen molar-refractivity contribution in [2.45, 2.75) is 110 Å². The number of rotatable bonds is 11. The SMILES string of the molecule is CC(C)C[C@H](NC(=O)[C@@H](NC(=O)CCCc1ccccc1)[C@@H](C)O)B1O[C@@H]2C[C@@H]3C[C@@H](C3(C)C)[C@]2(C)O1. The molecule has 0 aromatic heterocycles. The van der Waals surface area contributed by atoms with Gasteiger partial charge in [0.2, 0.25) is 11.8 Å². The van der Waals surface area contributed by atoms with Crippen molar-refractivity contribution in [1.29, 1.82) is 0 Å². The summed E-state index contributed by atoms with van der Waals surface area (Å²) in [5.41, 5.74) is 1.05. The Morgan fingerprint density at radius 2 is 1.81 bits per heavy atom. The third-order valence-corrected chi connectivity index (χ3v) is 9.14. The standard InChI is InChI=1S/C29H45BN2O5/c1-18(2)15-24(30-36-23-17-21-16-22(28(21,4)5)29(23,6)37-30)31-27(35)26(19(3)33)32-25(34)14-10-13-20-11-8-7-9-12-20/h7-9,11-12,18-19,21-24,26,33H,10,13-17H2,1-6H3,(H,31,35)(H,32,34)/t19-,21+,22+,23-,24+,26+,29+/m1/s1. The number of aliphatic hydroxyl groups excluding tert-OH is 1. The Balaban J connectivity index is 1.36. The molecule has 1 saturated heterocycles. The first-order valence-electron chi connectivity index (χ1n) is 14.1. The van der Waals surface area contributed by atoms with Crippen LogP contribution in [-0.2, 0) is 25.3 Å². The van der Waals surface area contributed by atoms with Crippen LogP contribution >= 0.6 is 0 Å². The number of hydrogen-bond donors (Lipinski definition) is 3. The van der Waals surface area contributed by atoms with Gasteiger partial charge in [-0.15, -0.1) is 0 Å². The molecular weight excluding hydrogens is 467 g/mol. The van der Waals surface area contributed by atoms with Crippen molar-refractivity contribution in [2.24, 2.45) is 23.2 Å². The van der Waals surface area contributed by atoms with E-state index in [0.717, 1.165) is 19.3 Å². The minimum Gasteiger partial charge on any atom is -0.404 e. The highest BCUT2D eigenvalue weighted by Crippen LogP contribution is 2.65. The van der Waals surface area contributed by atoms with E-state index in [1.165, 1.54) is 12.5 Å². The van der Waals surface area contributed by atoms with E-state index in [4.69, 9.17) is 9.31 Å². The van der Waals surface area contributed by atoms with Crippen molar-refractivity contribution in [3.63, 3.8) is 0 Å². The first kappa shape index (κ1) is 28.1. The van der Waals surface area contributed by atoms with Crippen LogP contribution in [0.1, 0.15) is 79.2 Å². The van der Waals surface area contributed by atoms with Gasteiger partial charge < -0.3 is 25.0 Å². The maximum absolute atomic E-state index is 13.3. The molecule has 7 atom stereocenters. The van der Waals surface area contributed by atoms with E-state index < -0.39 is 25.2 Å². The number of aryl methyl sites for hydroxylation is 1. The highest BCUT2D eigenvalue weighted by atomic mass is 16.7. The van der Waals surface area contributed by atoms with Crippen LogP contribution in [-0.4, -0.2) is 53.8 Å². The molecule has 0 unspecified atom stereocenters. The summed E-state index contributed by atoms with van der Waals surface area (Å²) in [5, 5.41) is 16.2. The number of carbonyl (C=O) groups is 2. The smallest absolute Gasteiger partial charge is 0.404 e. The lowest BCUT2D eigenvalue weighted by molar-refractivity contribution is -0.199. The summed E-state index contributed by atoms with van der Waals surface area (Å²) in [7, 11) is -0.548. The van der Waals surface area contributed by atoms with Gasteiger partial charge in [0.25, 0.3) is 0 Å². The maximum atomic E-state index is 13.3. The van der Waals surface area contributed by atoms with Gasteiger partial charge in [-0.3, -0.25) is 9.59 Å². The molecule has 2 bridgehead atoms. The quantitative estimate of drug-likeness (QED) is 0.393. The number of hydrogen-bond acceptors (Lipinski definition) is 5. The number of amides is 2. The molecule has 37 heavy (non-hydrogen) atoms. The average Bonchev–Trinajstić information content (AvgIpc) is 3.19. The molecule has 1 aromatic carbocycles. The molecule has 2 amide bonds. The van der Waals surface area contributed by atoms with Gasteiger partial charge in [0.05, 0.1) is 23.8 Å². The van der Waals surface area contributed by atoms with Crippen LogP contribution in [0.4, 0.5) is 0 Å². The largest absolute Gasteiger partial charge is 0.481 e. The van der Waals surface area contributed by atoms with E-state index in [-0.39, 0.29) is 35.4 Å². The minimum atomic E-state index is -1.04. The Kier molecular flexibility index (Phi) is 8.41. The second kappa shape index (κ2) is 11.1. The van der Waals surface area contributed by atoms with E-state index in [1.807, 2.05) is 30.3 Å². The maximum Gasteiger partial charge on any atom is 0.481 e. The van der Waals surface area contributed by atoms with E-state index in [9.17, 15) is 14.7 Å². The molecule has 3 saturated carbocycles. The molecule has 0 spiro atoms. The monoisotopic (exact) mass is 512 g/mol. The van der Waals surface area contributed by atoms with E-state index in [0.29, 0.717) is 30.6 Å². The molecule has 1 aliphatic heterocycles. The minimum absolute atomic E-state index is 0.0257. The summed E-state index contributed by atoms with van der Waals surface area (Å²) in [6.45, 7) is 12.6. The number of benzene rings is 1. The van der Waals surface area contributed by atoms with Crippen LogP contribution < -0.4 is 10.6 Å². The van der Waals surface area contributed by atoms with Crippen LogP contribution in [0, 0.1) is 23.2 Å². The number of aliphatic hydroxyl groups is 1. The van der Waals surface area contributed by atoms with Crippen molar-refractivity contribution >= 4 is 18.9 Å². The molecule has 4 fully saturated rings. The van der Waals surface area contributed by atoms with Crippen molar-refractivity contribution in [2.75, 3.05) is 0 Å². The molecule has 1 heterocycles. The second-order valence-corrected chi connectivity index (χ2v) is 12.7. The highest BCUT2D eigenvalue weighted by Gasteiger charge is 2.68. The predicted octanol–water partition coefficient (Wildman–Crippen LogP) is 3.67. The van der Waals surface area contributed by atoms with Gasteiger partial charge in [0.15, 0.2) is 0 Å². The van der Waals surface area contributed by atoms with Crippen LogP contribution in [0.15, 0.2) is 30.3 Å². The number of carbonyl (C=O) groups excluding carboxylic acids is 2. The zero-order valence-corrected chi connectivity index (χ0v) is 23.3. The molecule has 204 valence electrons. The molecule has 1 aromatic rings. The number of nitrogens with one attached hydrogen (secondary N) is 2. The van der Waals surface area contributed by atoms with E-state index in [1.54, 1.807) is 0 Å². The molecule has 0 radical (unpaired) electrons. The van der Waals surface area contributed by atoms with E-state index >= 15 is 0 Å². The molecule has 3 aliphatic carbocycles. The third-order valence-electron chi connectivity index (χ3n) is 9.14. The Labute approximate surface area is 222 Å². The molecule has 3 N–H and O–H groups in total. The van der Waals surface area contributed by atoms with Gasteiger partial charge in [-0.25, -0.2) is 0 Å². The second-order valence-electron chi connectivity index (χ2n) is 12.7. The van der Waals surface area contributed by atoms with Gasteiger partial charge in [0.1, 0.15) is 6.04 Å². The highest BCUT2D eigenvalue weighted by molar-refractivity contribution is 6.48. The summed E-state index contributed by atoms with van der Waals surface area (Å²) in [5.74, 6) is 0.361. The molecular formula is C29H45BN2O5. The van der Waals surface area contributed by atoms with Crippen LogP contribution in [0.2, 0.25) is 0 Å². The van der Waals surface area contributed by atoms with Gasteiger partial charge in [0, 0.05) is 6.42 Å². The first-order valence-corrected chi connectivity index (χ1v) is 14.1. The molecule has 7 nitrogen and oxygen atoms in total.